The van der Waals surface area contributed by atoms with Gasteiger partial charge in [0.05, 0.1) is 11.1 Å². The quantitative estimate of drug-likeness (QED) is 0.615. The van der Waals surface area contributed by atoms with Gasteiger partial charge in [-0.05, 0) is 72.8 Å². The minimum atomic E-state index is -1.05. The molecule has 0 aliphatic rings. The molecule has 0 radical (unpaired) electrons. The molecule has 0 aliphatic heterocycles. The summed E-state index contributed by atoms with van der Waals surface area (Å²) in [6.45, 7) is 0. The first kappa shape index (κ1) is 22.2. The number of benzene rings is 3. The molecule has 0 saturated carbocycles. The number of hydrogen-bond acceptors (Lipinski definition) is 4. The van der Waals surface area contributed by atoms with E-state index in [1.54, 1.807) is 62.6 Å². The molecule has 8 heteroatoms. The zero-order chi connectivity index (χ0) is 23.4. The lowest BCUT2D eigenvalue weighted by molar-refractivity contribution is 0.0686. The fraction of sp³-hybridized carbons (Fsp3) is 0.0833. The molecule has 3 rings (SSSR count). The Morgan fingerprint density at radius 3 is 1.00 bits per heavy atom. The smallest absolute Gasteiger partial charge is 0.335 e. The lowest BCUT2D eigenvalue weighted by atomic mass is 10.1. The molecule has 0 spiro atoms. The molecule has 0 heterocycles. The molecule has 0 saturated heterocycles. The zero-order valence-electron chi connectivity index (χ0n) is 17.4. The molecular formula is C24H20N2O6. The van der Waals surface area contributed by atoms with E-state index in [2.05, 4.69) is 0 Å². The molecule has 0 aliphatic carbocycles. The molecule has 0 fully saturated rings. The molecule has 32 heavy (non-hydrogen) atoms. The van der Waals surface area contributed by atoms with Crippen molar-refractivity contribution in [3.05, 3.63) is 95.1 Å². The highest BCUT2D eigenvalue weighted by Crippen LogP contribution is 2.19. The van der Waals surface area contributed by atoms with E-state index >= 15 is 0 Å². The van der Waals surface area contributed by atoms with Crippen LogP contribution in [0.3, 0.4) is 0 Å². The second-order valence-corrected chi connectivity index (χ2v) is 7.01. The van der Waals surface area contributed by atoms with Crippen LogP contribution in [0.15, 0.2) is 72.8 Å². The van der Waals surface area contributed by atoms with E-state index in [1.807, 2.05) is 0 Å². The average Bonchev–Trinajstić information content (AvgIpc) is 2.82. The van der Waals surface area contributed by atoms with Gasteiger partial charge >= 0.3 is 11.9 Å². The van der Waals surface area contributed by atoms with Crippen LogP contribution in [0, 0.1) is 0 Å². The Morgan fingerprint density at radius 2 is 0.750 bits per heavy atom. The SMILES string of the molecule is CN(C(=O)c1ccc(C(=O)N(C)c2ccc(C(=O)O)cc2)cc1)c1ccc(C(=O)O)cc1. The Kier molecular flexibility index (Phi) is 6.34. The highest BCUT2D eigenvalue weighted by molar-refractivity contribution is 6.08. The largest absolute Gasteiger partial charge is 0.478 e. The van der Waals surface area contributed by atoms with Crippen molar-refractivity contribution in [1.29, 1.82) is 0 Å². The number of carbonyl (C=O) groups is 4. The Balaban J connectivity index is 1.73. The summed E-state index contributed by atoms with van der Waals surface area (Å²) in [7, 11) is 3.15. The van der Waals surface area contributed by atoms with E-state index in [4.69, 9.17) is 10.2 Å². The van der Waals surface area contributed by atoms with Gasteiger partial charge in [0.2, 0.25) is 0 Å². The van der Waals surface area contributed by atoms with Crippen LogP contribution < -0.4 is 9.80 Å². The molecule has 8 nitrogen and oxygen atoms in total. The number of hydrogen-bond donors (Lipinski definition) is 2. The maximum atomic E-state index is 12.8. The summed E-state index contributed by atoms with van der Waals surface area (Å²) in [5.41, 5.74) is 2.03. The van der Waals surface area contributed by atoms with Crippen molar-refractivity contribution < 1.29 is 29.4 Å². The van der Waals surface area contributed by atoms with Crippen LogP contribution in [0.1, 0.15) is 41.4 Å². The lowest BCUT2D eigenvalue weighted by Crippen LogP contribution is -2.27. The Labute approximate surface area is 183 Å². The maximum absolute atomic E-state index is 12.8. The number of amides is 2. The van der Waals surface area contributed by atoms with Gasteiger partial charge < -0.3 is 20.0 Å². The van der Waals surface area contributed by atoms with Crippen LogP contribution in [0.4, 0.5) is 11.4 Å². The van der Waals surface area contributed by atoms with Crippen molar-refractivity contribution in [1.82, 2.24) is 0 Å². The Morgan fingerprint density at radius 1 is 0.500 bits per heavy atom. The molecule has 0 atom stereocenters. The van der Waals surface area contributed by atoms with Crippen LogP contribution in [0.25, 0.3) is 0 Å². The van der Waals surface area contributed by atoms with Gasteiger partial charge in [-0.2, -0.15) is 0 Å². The van der Waals surface area contributed by atoms with Gasteiger partial charge in [-0.25, -0.2) is 9.59 Å². The number of carbonyl (C=O) groups excluding carboxylic acids is 2. The monoisotopic (exact) mass is 432 g/mol. The molecule has 2 amide bonds. The van der Waals surface area contributed by atoms with E-state index in [1.165, 1.54) is 34.1 Å². The minimum absolute atomic E-state index is 0.124. The summed E-state index contributed by atoms with van der Waals surface area (Å²) in [6, 6.07) is 18.0. The summed E-state index contributed by atoms with van der Waals surface area (Å²) in [5, 5.41) is 18.0. The molecule has 162 valence electrons. The molecule has 0 unspecified atom stereocenters. The molecule has 3 aromatic rings. The van der Waals surface area contributed by atoms with Gasteiger partial charge in [-0.15, -0.1) is 0 Å². The first-order valence-corrected chi connectivity index (χ1v) is 9.52. The van der Waals surface area contributed by atoms with E-state index in [-0.39, 0.29) is 22.9 Å². The fourth-order valence-electron chi connectivity index (χ4n) is 3.03. The number of aromatic carboxylic acids is 2. The highest BCUT2D eigenvalue weighted by Gasteiger charge is 2.17. The van der Waals surface area contributed by atoms with Crippen LogP contribution in [-0.4, -0.2) is 48.1 Å². The summed E-state index contributed by atoms with van der Waals surface area (Å²) in [5.74, 6) is -2.73. The lowest BCUT2D eigenvalue weighted by Gasteiger charge is -2.19. The number of carboxylic acids is 2. The van der Waals surface area contributed by atoms with Crippen molar-refractivity contribution in [2.24, 2.45) is 0 Å². The Hall–Kier alpha value is -4.46. The molecular weight excluding hydrogens is 412 g/mol. The van der Waals surface area contributed by atoms with Crippen molar-refractivity contribution >= 4 is 35.1 Å². The van der Waals surface area contributed by atoms with Crippen molar-refractivity contribution in [2.75, 3.05) is 23.9 Å². The molecule has 0 bridgehead atoms. The first-order chi connectivity index (χ1) is 15.2. The van der Waals surface area contributed by atoms with Gasteiger partial charge in [-0.3, -0.25) is 9.59 Å². The second kappa shape index (κ2) is 9.13. The first-order valence-electron chi connectivity index (χ1n) is 9.52. The van der Waals surface area contributed by atoms with Crippen molar-refractivity contribution in [2.45, 2.75) is 0 Å². The topological polar surface area (TPSA) is 115 Å². The Bertz CT molecular complexity index is 1070. The van der Waals surface area contributed by atoms with Gasteiger partial charge in [-0.1, -0.05) is 0 Å². The summed E-state index contributed by atoms with van der Waals surface area (Å²) < 4.78 is 0. The van der Waals surface area contributed by atoms with Gasteiger partial charge in [0, 0.05) is 36.6 Å². The van der Waals surface area contributed by atoms with Crippen molar-refractivity contribution in [3.8, 4) is 0 Å². The van der Waals surface area contributed by atoms with Crippen LogP contribution in [0.2, 0.25) is 0 Å². The van der Waals surface area contributed by atoms with Crippen LogP contribution in [0.5, 0.6) is 0 Å². The van der Waals surface area contributed by atoms with E-state index < -0.39 is 11.9 Å². The van der Waals surface area contributed by atoms with Gasteiger partial charge in [0.1, 0.15) is 0 Å². The van der Waals surface area contributed by atoms with E-state index in [0.29, 0.717) is 22.5 Å². The van der Waals surface area contributed by atoms with Gasteiger partial charge in [0.15, 0.2) is 0 Å². The summed E-state index contributed by atoms with van der Waals surface area (Å²) in [6.07, 6.45) is 0. The molecule has 2 N–H and O–H groups in total. The predicted octanol–water partition coefficient (Wildman–Crippen LogP) is 3.64. The highest BCUT2D eigenvalue weighted by atomic mass is 16.4. The fourth-order valence-corrected chi connectivity index (χ4v) is 3.03. The van der Waals surface area contributed by atoms with Crippen LogP contribution >= 0.6 is 0 Å². The summed E-state index contributed by atoms with van der Waals surface area (Å²) >= 11 is 0. The number of nitrogens with zero attached hydrogens (tertiary/aromatic N) is 2. The number of anilines is 2. The van der Waals surface area contributed by atoms with Crippen molar-refractivity contribution in [3.63, 3.8) is 0 Å². The minimum Gasteiger partial charge on any atom is -0.478 e. The van der Waals surface area contributed by atoms with E-state index in [0.717, 1.165) is 0 Å². The third-order valence-corrected chi connectivity index (χ3v) is 4.99. The standard InChI is InChI=1S/C24H20N2O6/c1-25(19-11-7-17(8-12-19)23(29)30)21(27)15-3-5-16(6-4-15)22(28)26(2)20-13-9-18(10-14-20)24(31)32/h3-14H,1-2H3,(H,29,30)(H,31,32). The predicted molar refractivity (Wildman–Crippen MR) is 119 cm³/mol. The van der Waals surface area contributed by atoms with E-state index in [9.17, 15) is 19.2 Å². The third kappa shape index (κ3) is 4.65. The summed E-state index contributed by atoms with van der Waals surface area (Å²) in [4.78, 5) is 50.2. The molecule has 3 aromatic carbocycles. The maximum Gasteiger partial charge on any atom is 0.335 e. The average molecular weight is 432 g/mol. The normalized spacial score (nSPS) is 10.3. The zero-order valence-corrected chi connectivity index (χ0v) is 17.4. The number of carboxylic acid groups (broad SMARTS) is 2. The van der Waals surface area contributed by atoms with Gasteiger partial charge in [0.25, 0.3) is 11.8 Å². The number of rotatable bonds is 6. The second-order valence-electron chi connectivity index (χ2n) is 7.01. The molecule has 0 aromatic heterocycles. The third-order valence-electron chi connectivity index (χ3n) is 4.99. The van der Waals surface area contributed by atoms with Crippen LogP contribution in [-0.2, 0) is 0 Å².